The van der Waals surface area contributed by atoms with E-state index in [4.69, 9.17) is 5.11 Å². The lowest BCUT2D eigenvalue weighted by Crippen LogP contribution is -2.40. The monoisotopic (exact) mass is 355 g/mol. The zero-order chi connectivity index (χ0) is 15.2. The summed E-state index contributed by atoms with van der Waals surface area (Å²) in [5.41, 5.74) is 2.28. The van der Waals surface area contributed by atoms with Gasteiger partial charge in [0, 0.05) is 11.1 Å². The Bertz CT molecular complexity index is 585. The van der Waals surface area contributed by atoms with Gasteiger partial charge in [0.25, 0.3) is 0 Å². The molecule has 2 aliphatic carbocycles. The Morgan fingerprint density at radius 1 is 1.43 bits per heavy atom. The van der Waals surface area contributed by atoms with Crippen molar-refractivity contribution in [2.75, 3.05) is 6.61 Å². The van der Waals surface area contributed by atoms with Crippen molar-refractivity contribution in [2.24, 2.45) is 5.92 Å². The largest absolute Gasteiger partial charge is 0.465 e. The van der Waals surface area contributed by atoms with Crippen LogP contribution in [0, 0.1) is 5.92 Å². The minimum absolute atomic E-state index is 0.156. The van der Waals surface area contributed by atoms with Crippen LogP contribution in [0.2, 0.25) is 0 Å². The lowest BCUT2D eigenvalue weighted by atomic mass is 9.96. The van der Waals surface area contributed by atoms with Crippen LogP contribution in [0.1, 0.15) is 35.6 Å². The minimum atomic E-state index is -1.11. The van der Waals surface area contributed by atoms with Gasteiger partial charge in [0.2, 0.25) is 0 Å². The van der Waals surface area contributed by atoms with Crippen LogP contribution in [0.3, 0.4) is 0 Å². The van der Waals surface area contributed by atoms with Crippen LogP contribution in [-0.4, -0.2) is 33.6 Å². The Hall–Kier alpha value is -1.11. The van der Waals surface area contributed by atoms with E-state index < -0.39 is 17.7 Å². The summed E-state index contributed by atoms with van der Waals surface area (Å²) in [6, 6.07) is 3.84. The number of benzene rings is 1. The highest BCUT2D eigenvalue weighted by atomic mass is 79.9. The molecular weight excluding hydrogens is 338 g/mol. The Labute approximate surface area is 131 Å². The summed E-state index contributed by atoms with van der Waals surface area (Å²) in [5.74, 6) is 0.232. The predicted molar refractivity (Wildman–Crippen MR) is 80.2 cm³/mol. The molecule has 2 aliphatic rings. The highest BCUT2D eigenvalue weighted by molar-refractivity contribution is 9.10. The summed E-state index contributed by atoms with van der Waals surface area (Å²) >= 11 is 3.56. The second kappa shape index (κ2) is 5.26. The van der Waals surface area contributed by atoms with Crippen LogP contribution in [0.5, 0.6) is 0 Å². The van der Waals surface area contributed by atoms with E-state index in [1.807, 2.05) is 12.1 Å². The molecule has 1 aromatic rings. The number of nitrogens with one attached hydrogen (secondary N) is 1. The van der Waals surface area contributed by atoms with Crippen molar-refractivity contribution in [1.29, 1.82) is 0 Å². The number of halogens is 1. The summed E-state index contributed by atoms with van der Waals surface area (Å²) in [4.78, 5) is 10.9. The third-order valence-electron chi connectivity index (χ3n) is 4.59. The van der Waals surface area contributed by atoms with Crippen molar-refractivity contribution in [1.82, 2.24) is 5.32 Å². The van der Waals surface area contributed by atoms with E-state index in [0.29, 0.717) is 12.8 Å². The molecule has 1 amide bonds. The Morgan fingerprint density at radius 2 is 2.14 bits per heavy atom. The molecule has 0 heterocycles. The maximum Gasteiger partial charge on any atom is 0.405 e. The average molecular weight is 356 g/mol. The second-order valence-electron chi connectivity index (χ2n) is 6.05. The van der Waals surface area contributed by atoms with Crippen molar-refractivity contribution >= 4 is 22.0 Å². The number of hydrogen-bond donors (Lipinski definition) is 4. The number of aliphatic hydroxyl groups is 2. The van der Waals surface area contributed by atoms with Crippen LogP contribution in [0.25, 0.3) is 0 Å². The van der Waals surface area contributed by atoms with E-state index >= 15 is 0 Å². The van der Waals surface area contributed by atoms with Crippen LogP contribution >= 0.6 is 15.9 Å². The maximum absolute atomic E-state index is 10.9. The Morgan fingerprint density at radius 3 is 2.71 bits per heavy atom. The Kier molecular flexibility index (Phi) is 3.71. The number of amides is 1. The molecule has 1 aromatic carbocycles. The van der Waals surface area contributed by atoms with E-state index in [2.05, 4.69) is 21.2 Å². The molecule has 0 radical (unpaired) electrons. The van der Waals surface area contributed by atoms with Crippen LogP contribution in [0.15, 0.2) is 16.6 Å². The lowest BCUT2D eigenvalue weighted by molar-refractivity contribution is 0.109. The summed E-state index contributed by atoms with van der Waals surface area (Å²) in [5, 5.41) is 31.3. The molecule has 2 unspecified atom stereocenters. The van der Waals surface area contributed by atoms with Gasteiger partial charge < -0.3 is 20.6 Å². The fourth-order valence-corrected chi connectivity index (χ4v) is 3.98. The second-order valence-corrected chi connectivity index (χ2v) is 6.85. The van der Waals surface area contributed by atoms with Gasteiger partial charge in [-0.25, -0.2) is 4.79 Å². The molecule has 5 nitrogen and oxygen atoms in total. The quantitative estimate of drug-likeness (QED) is 0.664. The van der Waals surface area contributed by atoms with Crippen LogP contribution < -0.4 is 5.32 Å². The highest BCUT2D eigenvalue weighted by Crippen LogP contribution is 2.48. The van der Waals surface area contributed by atoms with Crippen molar-refractivity contribution in [3.8, 4) is 0 Å². The van der Waals surface area contributed by atoms with Crippen molar-refractivity contribution in [2.45, 2.75) is 37.3 Å². The Balaban J connectivity index is 1.89. The first-order valence-electron chi connectivity index (χ1n) is 7.07. The standard InChI is InChI=1S/C15H18BrNO4/c16-12-10(13(19)15(3-4-15)17-14(20)21)2-1-9-5-8(7-18)6-11(9)12/h1-2,8,13,17-19H,3-7H2,(H,20,21). The molecule has 2 atom stereocenters. The van der Waals surface area contributed by atoms with Gasteiger partial charge in [0.05, 0.1) is 5.54 Å². The molecule has 4 N–H and O–H groups in total. The lowest BCUT2D eigenvalue weighted by Gasteiger charge is -2.24. The molecule has 0 spiro atoms. The number of aliphatic hydroxyl groups excluding tert-OH is 2. The van der Waals surface area contributed by atoms with E-state index in [1.165, 1.54) is 5.56 Å². The summed E-state index contributed by atoms with van der Waals surface area (Å²) < 4.78 is 0.849. The first-order valence-corrected chi connectivity index (χ1v) is 7.86. The molecule has 3 rings (SSSR count). The number of fused-ring (bicyclic) bond motifs is 1. The smallest absolute Gasteiger partial charge is 0.405 e. The van der Waals surface area contributed by atoms with E-state index in [0.717, 1.165) is 28.4 Å². The summed E-state index contributed by atoms with van der Waals surface area (Å²) in [6.07, 6.45) is 0.948. The first kappa shape index (κ1) is 14.8. The van der Waals surface area contributed by atoms with Gasteiger partial charge in [-0.1, -0.05) is 28.1 Å². The third kappa shape index (κ3) is 2.56. The van der Waals surface area contributed by atoms with Gasteiger partial charge in [-0.3, -0.25) is 0 Å². The highest BCUT2D eigenvalue weighted by Gasteiger charge is 2.51. The molecule has 6 heteroatoms. The predicted octanol–water partition coefficient (Wildman–Crippen LogP) is 1.99. The number of rotatable bonds is 4. The summed E-state index contributed by atoms with van der Waals surface area (Å²) in [6.45, 7) is 0.156. The van der Waals surface area contributed by atoms with E-state index in [-0.39, 0.29) is 12.5 Å². The average Bonchev–Trinajstić information content (AvgIpc) is 3.08. The normalized spacial score (nSPS) is 23.5. The molecule has 0 saturated heterocycles. The van der Waals surface area contributed by atoms with E-state index in [1.54, 1.807) is 0 Å². The topological polar surface area (TPSA) is 89.8 Å². The zero-order valence-corrected chi connectivity index (χ0v) is 13.1. The number of carboxylic acid groups (broad SMARTS) is 1. The van der Waals surface area contributed by atoms with Gasteiger partial charge in [-0.15, -0.1) is 0 Å². The number of carbonyl (C=O) groups is 1. The fourth-order valence-electron chi connectivity index (χ4n) is 3.22. The molecule has 0 aromatic heterocycles. The van der Waals surface area contributed by atoms with Gasteiger partial charge in [-0.05, 0) is 48.3 Å². The fraction of sp³-hybridized carbons (Fsp3) is 0.533. The van der Waals surface area contributed by atoms with Crippen molar-refractivity contribution in [3.63, 3.8) is 0 Å². The SMILES string of the molecule is O=C(O)NC1(C(O)c2ccc3c(c2Br)CC(CO)C3)CC1. The zero-order valence-electron chi connectivity index (χ0n) is 11.5. The van der Waals surface area contributed by atoms with Gasteiger partial charge in [-0.2, -0.15) is 0 Å². The van der Waals surface area contributed by atoms with Crippen molar-refractivity contribution < 1.29 is 20.1 Å². The third-order valence-corrected chi connectivity index (χ3v) is 5.53. The molecule has 1 saturated carbocycles. The first-order chi connectivity index (χ1) is 9.97. The molecule has 0 aliphatic heterocycles. The minimum Gasteiger partial charge on any atom is -0.465 e. The van der Waals surface area contributed by atoms with E-state index in [9.17, 15) is 15.0 Å². The maximum atomic E-state index is 10.9. The summed E-state index contributed by atoms with van der Waals surface area (Å²) in [7, 11) is 0. The van der Waals surface area contributed by atoms with Gasteiger partial charge in [0.1, 0.15) is 6.10 Å². The van der Waals surface area contributed by atoms with Crippen LogP contribution in [-0.2, 0) is 12.8 Å². The molecular formula is C15H18BrNO4. The molecule has 1 fully saturated rings. The van der Waals surface area contributed by atoms with Gasteiger partial charge in [0.15, 0.2) is 0 Å². The van der Waals surface area contributed by atoms with Crippen molar-refractivity contribution in [3.05, 3.63) is 33.3 Å². The molecule has 21 heavy (non-hydrogen) atoms. The molecule has 114 valence electrons. The number of hydrogen-bond acceptors (Lipinski definition) is 3. The molecule has 0 bridgehead atoms. The van der Waals surface area contributed by atoms with Crippen LogP contribution in [0.4, 0.5) is 4.79 Å². The van der Waals surface area contributed by atoms with Gasteiger partial charge >= 0.3 is 6.09 Å².